The molecule has 4 N–H and O–H groups in total. The minimum absolute atomic E-state index is 0.159. The van der Waals surface area contributed by atoms with E-state index in [4.69, 9.17) is 5.73 Å². The van der Waals surface area contributed by atoms with Crippen LogP contribution in [-0.2, 0) is 0 Å². The SMILES string of the molecule is NC(=O)c1cc(NC(=O)c2csc(C3CCCCC3)c2)c[nH]1. The van der Waals surface area contributed by atoms with E-state index in [0.717, 1.165) is 0 Å². The zero-order valence-electron chi connectivity index (χ0n) is 12.2. The van der Waals surface area contributed by atoms with Crippen molar-refractivity contribution in [3.05, 3.63) is 39.8 Å². The molecule has 1 aliphatic carbocycles. The average molecular weight is 317 g/mol. The van der Waals surface area contributed by atoms with Crippen LogP contribution in [0.15, 0.2) is 23.7 Å². The van der Waals surface area contributed by atoms with Crippen molar-refractivity contribution in [3.63, 3.8) is 0 Å². The van der Waals surface area contributed by atoms with E-state index in [0.29, 0.717) is 17.2 Å². The van der Waals surface area contributed by atoms with Crippen molar-refractivity contribution in [2.75, 3.05) is 5.32 Å². The molecule has 0 spiro atoms. The molecule has 116 valence electrons. The lowest BCUT2D eigenvalue weighted by molar-refractivity contribution is 0.0993. The van der Waals surface area contributed by atoms with E-state index in [1.165, 1.54) is 43.0 Å². The topological polar surface area (TPSA) is 88.0 Å². The second-order valence-electron chi connectivity index (χ2n) is 5.69. The van der Waals surface area contributed by atoms with Gasteiger partial charge in [0.2, 0.25) is 0 Å². The van der Waals surface area contributed by atoms with Gasteiger partial charge in [0.15, 0.2) is 0 Å². The number of amides is 2. The first-order chi connectivity index (χ1) is 10.6. The zero-order chi connectivity index (χ0) is 15.5. The molecule has 3 rings (SSSR count). The Morgan fingerprint density at radius 1 is 1.23 bits per heavy atom. The molecule has 0 radical (unpaired) electrons. The normalized spacial score (nSPS) is 15.6. The molecule has 5 nitrogen and oxygen atoms in total. The number of rotatable bonds is 4. The first-order valence-electron chi connectivity index (χ1n) is 7.51. The van der Waals surface area contributed by atoms with Crippen LogP contribution in [0.3, 0.4) is 0 Å². The molecule has 0 bridgehead atoms. The average Bonchev–Trinajstić information content (AvgIpc) is 3.17. The Hall–Kier alpha value is -2.08. The van der Waals surface area contributed by atoms with Gasteiger partial charge in [-0.25, -0.2) is 0 Å². The van der Waals surface area contributed by atoms with Crippen molar-refractivity contribution < 1.29 is 9.59 Å². The van der Waals surface area contributed by atoms with Gasteiger partial charge >= 0.3 is 0 Å². The summed E-state index contributed by atoms with van der Waals surface area (Å²) in [5.41, 5.74) is 6.67. The van der Waals surface area contributed by atoms with Crippen LogP contribution >= 0.6 is 11.3 Å². The van der Waals surface area contributed by atoms with E-state index < -0.39 is 5.91 Å². The maximum Gasteiger partial charge on any atom is 0.265 e. The van der Waals surface area contributed by atoms with Gasteiger partial charge in [-0.05, 0) is 30.9 Å². The fourth-order valence-electron chi connectivity index (χ4n) is 2.89. The van der Waals surface area contributed by atoms with Crippen molar-refractivity contribution in [2.45, 2.75) is 38.0 Å². The summed E-state index contributed by atoms with van der Waals surface area (Å²) in [4.78, 5) is 27.3. The lowest BCUT2D eigenvalue weighted by Crippen LogP contribution is -2.12. The third-order valence-electron chi connectivity index (χ3n) is 4.10. The van der Waals surface area contributed by atoms with Gasteiger partial charge in [0.05, 0.1) is 11.3 Å². The molecule has 2 heterocycles. The fraction of sp³-hybridized carbons (Fsp3) is 0.375. The lowest BCUT2D eigenvalue weighted by atomic mass is 9.88. The highest BCUT2D eigenvalue weighted by molar-refractivity contribution is 7.10. The van der Waals surface area contributed by atoms with Crippen LogP contribution in [-0.4, -0.2) is 16.8 Å². The molecule has 1 aliphatic rings. The molecule has 0 aromatic carbocycles. The highest BCUT2D eigenvalue weighted by atomic mass is 32.1. The number of hydrogen-bond acceptors (Lipinski definition) is 3. The summed E-state index contributed by atoms with van der Waals surface area (Å²) in [7, 11) is 0. The van der Waals surface area contributed by atoms with Crippen molar-refractivity contribution in [1.82, 2.24) is 4.98 Å². The second-order valence-corrected chi connectivity index (χ2v) is 6.64. The van der Waals surface area contributed by atoms with E-state index in [-0.39, 0.29) is 11.6 Å². The molecule has 1 fully saturated rings. The maximum absolute atomic E-state index is 12.3. The molecule has 6 heteroatoms. The first-order valence-corrected chi connectivity index (χ1v) is 8.39. The second kappa shape index (κ2) is 6.36. The Bertz CT molecular complexity index is 683. The smallest absolute Gasteiger partial charge is 0.265 e. The standard InChI is InChI=1S/C16H19N3O2S/c17-15(20)13-7-12(8-18-13)19-16(21)11-6-14(22-9-11)10-4-2-1-3-5-10/h6-10,18H,1-5H2,(H2,17,20)(H,19,21). The van der Waals surface area contributed by atoms with Gasteiger partial charge in [0.25, 0.3) is 11.8 Å². The number of hydrogen-bond donors (Lipinski definition) is 3. The van der Waals surface area contributed by atoms with Crippen molar-refractivity contribution in [2.24, 2.45) is 5.73 Å². The van der Waals surface area contributed by atoms with Gasteiger partial charge in [0, 0.05) is 16.5 Å². The van der Waals surface area contributed by atoms with Gasteiger partial charge in [-0.15, -0.1) is 11.3 Å². The van der Waals surface area contributed by atoms with E-state index >= 15 is 0 Å². The van der Waals surface area contributed by atoms with Crippen molar-refractivity contribution in [1.29, 1.82) is 0 Å². The number of aromatic nitrogens is 1. The molecule has 0 atom stereocenters. The Kier molecular flexibility index (Phi) is 4.29. The van der Waals surface area contributed by atoms with Crippen LogP contribution < -0.4 is 11.1 Å². The van der Waals surface area contributed by atoms with Crippen LogP contribution in [0.1, 0.15) is 63.7 Å². The van der Waals surface area contributed by atoms with E-state index in [9.17, 15) is 9.59 Å². The molecule has 0 unspecified atom stereocenters. The number of H-pyrrole nitrogens is 1. The zero-order valence-corrected chi connectivity index (χ0v) is 13.0. The van der Waals surface area contributed by atoms with Crippen molar-refractivity contribution in [3.8, 4) is 0 Å². The maximum atomic E-state index is 12.3. The minimum atomic E-state index is -0.546. The quantitative estimate of drug-likeness (QED) is 0.806. The number of anilines is 1. The molecular weight excluding hydrogens is 298 g/mol. The highest BCUT2D eigenvalue weighted by Gasteiger charge is 2.19. The third kappa shape index (κ3) is 3.22. The van der Waals surface area contributed by atoms with Crippen LogP contribution in [0.25, 0.3) is 0 Å². The fourth-order valence-corrected chi connectivity index (χ4v) is 3.95. The predicted octanol–water partition coefficient (Wildman–Crippen LogP) is 3.48. The summed E-state index contributed by atoms with van der Waals surface area (Å²) >= 11 is 1.66. The number of primary amides is 1. The van der Waals surface area contributed by atoms with E-state index in [2.05, 4.69) is 10.3 Å². The summed E-state index contributed by atoms with van der Waals surface area (Å²) in [5, 5.41) is 4.68. The van der Waals surface area contributed by atoms with Crippen LogP contribution in [0, 0.1) is 0 Å². The number of nitrogens with two attached hydrogens (primary N) is 1. The number of carbonyl (C=O) groups is 2. The Labute approximate surface area is 132 Å². The molecule has 2 amide bonds. The monoisotopic (exact) mass is 317 g/mol. The minimum Gasteiger partial charge on any atom is -0.364 e. The summed E-state index contributed by atoms with van der Waals surface area (Å²) in [6.45, 7) is 0. The van der Waals surface area contributed by atoms with Crippen molar-refractivity contribution >= 4 is 28.8 Å². The van der Waals surface area contributed by atoms with Gasteiger partial charge in [-0.2, -0.15) is 0 Å². The molecule has 22 heavy (non-hydrogen) atoms. The van der Waals surface area contributed by atoms with E-state index in [1.807, 2.05) is 11.4 Å². The summed E-state index contributed by atoms with van der Waals surface area (Å²) in [6, 6.07) is 3.53. The summed E-state index contributed by atoms with van der Waals surface area (Å²) in [6.07, 6.45) is 7.90. The van der Waals surface area contributed by atoms with Gasteiger partial charge in [0.1, 0.15) is 5.69 Å². The molecule has 0 saturated heterocycles. The molecule has 1 saturated carbocycles. The number of thiophene rings is 1. The number of aromatic amines is 1. The van der Waals surface area contributed by atoms with Crippen LogP contribution in [0.5, 0.6) is 0 Å². The Morgan fingerprint density at radius 2 is 2.00 bits per heavy atom. The van der Waals surface area contributed by atoms with Crippen LogP contribution in [0.2, 0.25) is 0 Å². The van der Waals surface area contributed by atoms with Gasteiger partial charge in [-0.3, -0.25) is 9.59 Å². The molecule has 2 aromatic heterocycles. The number of nitrogens with one attached hydrogen (secondary N) is 2. The van der Waals surface area contributed by atoms with Gasteiger partial charge in [-0.1, -0.05) is 19.3 Å². The Balaban J connectivity index is 1.66. The summed E-state index contributed by atoms with van der Waals surface area (Å²) in [5.74, 6) is -0.0991. The third-order valence-corrected chi connectivity index (χ3v) is 5.19. The first kappa shape index (κ1) is 14.8. The van der Waals surface area contributed by atoms with E-state index in [1.54, 1.807) is 17.5 Å². The number of carbonyl (C=O) groups excluding carboxylic acids is 2. The lowest BCUT2D eigenvalue weighted by Gasteiger charge is -2.19. The van der Waals surface area contributed by atoms with Gasteiger partial charge < -0.3 is 16.0 Å². The largest absolute Gasteiger partial charge is 0.364 e. The van der Waals surface area contributed by atoms with Crippen LogP contribution in [0.4, 0.5) is 5.69 Å². The predicted molar refractivity (Wildman–Crippen MR) is 87.4 cm³/mol. The molecular formula is C16H19N3O2S. The molecule has 2 aromatic rings. The Morgan fingerprint density at radius 3 is 2.68 bits per heavy atom. The summed E-state index contributed by atoms with van der Waals surface area (Å²) < 4.78 is 0. The highest BCUT2D eigenvalue weighted by Crippen LogP contribution is 2.36. The molecule has 0 aliphatic heterocycles.